The van der Waals surface area contributed by atoms with Gasteiger partial charge >= 0.3 is 6.03 Å². The maximum absolute atomic E-state index is 11.6. The van der Waals surface area contributed by atoms with Crippen molar-refractivity contribution in [3.8, 4) is 0 Å². The number of rotatable bonds is 3. The van der Waals surface area contributed by atoms with Gasteiger partial charge < -0.3 is 0 Å². The Labute approximate surface area is 93.3 Å². The molecule has 6 nitrogen and oxygen atoms in total. The highest BCUT2D eigenvalue weighted by atomic mass is 16.2. The van der Waals surface area contributed by atoms with Gasteiger partial charge in [0.05, 0.1) is 0 Å². The van der Waals surface area contributed by atoms with E-state index in [0.29, 0.717) is 12.3 Å². The molecular formula is C10H15N3O3. The van der Waals surface area contributed by atoms with E-state index in [1.165, 1.54) is 12.8 Å². The van der Waals surface area contributed by atoms with E-state index in [4.69, 9.17) is 0 Å². The van der Waals surface area contributed by atoms with Crippen molar-refractivity contribution in [2.75, 3.05) is 6.54 Å². The summed E-state index contributed by atoms with van der Waals surface area (Å²) in [7, 11) is 0. The molecule has 1 aliphatic heterocycles. The summed E-state index contributed by atoms with van der Waals surface area (Å²) >= 11 is 0. The Kier molecular flexibility index (Phi) is 3.07. The molecule has 88 valence electrons. The van der Waals surface area contributed by atoms with Crippen LogP contribution >= 0.6 is 0 Å². The first-order chi connectivity index (χ1) is 7.65. The zero-order valence-corrected chi connectivity index (χ0v) is 8.99. The first kappa shape index (κ1) is 10.9. The number of hydrazine groups is 1. The monoisotopic (exact) mass is 225 g/mol. The van der Waals surface area contributed by atoms with Crippen LogP contribution in [0, 0.1) is 5.92 Å². The number of nitrogens with one attached hydrogen (secondary N) is 2. The average Bonchev–Trinajstić information content (AvgIpc) is 2.78. The van der Waals surface area contributed by atoms with Gasteiger partial charge in [0.2, 0.25) is 11.8 Å². The molecule has 4 amide bonds. The standard InChI is InChI=1S/C10H15N3O3/c14-8(5-7-3-1-2-4-7)12-13-6-9(15)11-10(13)16/h7H,1-6H2,(H,12,14)(H,11,15,16). The molecule has 2 aliphatic rings. The average molecular weight is 225 g/mol. The molecule has 2 N–H and O–H groups in total. The largest absolute Gasteiger partial charge is 0.343 e. The van der Waals surface area contributed by atoms with E-state index in [1.807, 2.05) is 0 Å². The molecule has 16 heavy (non-hydrogen) atoms. The smallest absolute Gasteiger partial charge is 0.275 e. The van der Waals surface area contributed by atoms with Crippen molar-refractivity contribution >= 4 is 17.8 Å². The molecule has 1 aliphatic carbocycles. The molecule has 0 aromatic heterocycles. The summed E-state index contributed by atoms with van der Waals surface area (Å²) in [6.45, 7) is -0.0881. The van der Waals surface area contributed by atoms with Gasteiger partial charge in [-0.3, -0.25) is 20.3 Å². The van der Waals surface area contributed by atoms with Crippen molar-refractivity contribution in [1.29, 1.82) is 0 Å². The van der Waals surface area contributed by atoms with E-state index < -0.39 is 6.03 Å². The summed E-state index contributed by atoms with van der Waals surface area (Å²) in [6.07, 6.45) is 4.97. The molecule has 0 radical (unpaired) electrons. The van der Waals surface area contributed by atoms with Crippen LogP contribution < -0.4 is 10.7 Å². The van der Waals surface area contributed by atoms with Crippen LogP contribution in [-0.4, -0.2) is 29.4 Å². The highest BCUT2D eigenvalue weighted by molar-refractivity contribution is 6.02. The number of hydrogen-bond acceptors (Lipinski definition) is 3. The third kappa shape index (κ3) is 2.50. The minimum absolute atomic E-state index is 0.0881. The summed E-state index contributed by atoms with van der Waals surface area (Å²) in [4.78, 5) is 33.6. The second kappa shape index (κ2) is 4.51. The number of hydrogen-bond donors (Lipinski definition) is 2. The molecular weight excluding hydrogens is 210 g/mol. The van der Waals surface area contributed by atoms with Crippen LogP contribution in [-0.2, 0) is 9.59 Å². The molecule has 2 fully saturated rings. The van der Waals surface area contributed by atoms with E-state index in [0.717, 1.165) is 17.9 Å². The molecule has 0 atom stereocenters. The number of urea groups is 1. The normalized spacial score (nSPS) is 21.4. The Balaban J connectivity index is 1.78. The predicted octanol–water partition coefficient (Wildman–Crippen LogP) is 0.150. The lowest BCUT2D eigenvalue weighted by atomic mass is 10.0. The van der Waals surface area contributed by atoms with Crippen molar-refractivity contribution in [3.63, 3.8) is 0 Å². The SMILES string of the molecule is O=C1CN(NC(=O)CC2CCCC2)C(=O)N1. The van der Waals surface area contributed by atoms with Gasteiger partial charge in [0.15, 0.2) is 0 Å². The van der Waals surface area contributed by atoms with Crippen LogP contribution in [0.3, 0.4) is 0 Å². The number of amides is 4. The lowest BCUT2D eigenvalue weighted by Gasteiger charge is -2.16. The summed E-state index contributed by atoms with van der Waals surface area (Å²) in [5.74, 6) is -0.135. The highest BCUT2D eigenvalue weighted by Crippen LogP contribution is 2.27. The maximum atomic E-state index is 11.6. The number of nitrogens with zero attached hydrogens (tertiary/aromatic N) is 1. The van der Waals surface area contributed by atoms with Gasteiger partial charge in [-0.05, 0) is 18.8 Å². The first-order valence-corrected chi connectivity index (χ1v) is 5.56. The maximum Gasteiger partial charge on any atom is 0.343 e. The van der Waals surface area contributed by atoms with Crippen LogP contribution in [0.1, 0.15) is 32.1 Å². The fourth-order valence-electron chi connectivity index (χ4n) is 2.20. The molecule has 0 aromatic rings. The first-order valence-electron chi connectivity index (χ1n) is 5.56. The molecule has 0 bridgehead atoms. The van der Waals surface area contributed by atoms with Crippen molar-refractivity contribution in [1.82, 2.24) is 15.8 Å². The Morgan fingerprint density at radius 3 is 2.62 bits per heavy atom. The molecule has 1 saturated carbocycles. The van der Waals surface area contributed by atoms with Crippen molar-refractivity contribution in [2.24, 2.45) is 5.92 Å². The third-order valence-electron chi connectivity index (χ3n) is 3.00. The van der Waals surface area contributed by atoms with Gasteiger partial charge in [-0.15, -0.1) is 0 Å². The summed E-state index contributed by atoms with van der Waals surface area (Å²) in [5, 5.41) is 3.13. The van der Waals surface area contributed by atoms with Gasteiger partial charge in [0, 0.05) is 6.42 Å². The van der Waals surface area contributed by atoms with Crippen molar-refractivity contribution in [2.45, 2.75) is 32.1 Å². The van der Waals surface area contributed by atoms with E-state index in [1.54, 1.807) is 0 Å². The van der Waals surface area contributed by atoms with Gasteiger partial charge in [0.1, 0.15) is 6.54 Å². The van der Waals surface area contributed by atoms with Crippen molar-refractivity contribution < 1.29 is 14.4 Å². The zero-order chi connectivity index (χ0) is 11.5. The van der Waals surface area contributed by atoms with Crippen LogP contribution in [0.2, 0.25) is 0 Å². The Bertz CT molecular complexity index is 323. The Hall–Kier alpha value is -1.59. The number of imide groups is 1. The van der Waals surface area contributed by atoms with Gasteiger partial charge in [-0.2, -0.15) is 0 Å². The molecule has 6 heteroatoms. The van der Waals surface area contributed by atoms with E-state index in [9.17, 15) is 14.4 Å². The highest BCUT2D eigenvalue weighted by Gasteiger charge is 2.28. The van der Waals surface area contributed by atoms with Crippen molar-refractivity contribution in [3.05, 3.63) is 0 Å². The molecule has 1 heterocycles. The fraction of sp³-hybridized carbons (Fsp3) is 0.700. The zero-order valence-electron chi connectivity index (χ0n) is 8.99. The second-order valence-corrected chi connectivity index (χ2v) is 4.33. The van der Waals surface area contributed by atoms with Gasteiger partial charge in [-0.1, -0.05) is 12.8 Å². The fourth-order valence-corrected chi connectivity index (χ4v) is 2.20. The summed E-state index contributed by atoms with van der Waals surface area (Å²) < 4.78 is 0. The van der Waals surface area contributed by atoms with Crippen LogP contribution in [0.4, 0.5) is 4.79 Å². The molecule has 0 spiro atoms. The minimum Gasteiger partial charge on any atom is -0.275 e. The summed E-state index contributed by atoms with van der Waals surface area (Å²) in [5.41, 5.74) is 2.45. The lowest BCUT2D eigenvalue weighted by molar-refractivity contribution is -0.125. The van der Waals surface area contributed by atoms with E-state index >= 15 is 0 Å². The topological polar surface area (TPSA) is 78.5 Å². The molecule has 2 rings (SSSR count). The van der Waals surface area contributed by atoms with E-state index in [2.05, 4.69) is 10.7 Å². The quantitative estimate of drug-likeness (QED) is 0.671. The van der Waals surface area contributed by atoms with E-state index in [-0.39, 0.29) is 18.4 Å². The summed E-state index contributed by atoms with van der Waals surface area (Å²) in [6, 6.07) is -0.551. The predicted molar refractivity (Wildman–Crippen MR) is 55.0 cm³/mol. The lowest BCUT2D eigenvalue weighted by Crippen LogP contribution is -2.44. The van der Waals surface area contributed by atoms with Gasteiger partial charge in [0.25, 0.3) is 0 Å². The molecule has 1 saturated heterocycles. The molecule has 0 aromatic carbocycles. The Morgan fingerprint density at radius 2 is 2.06 bits per heavy atom. The van der Waals surface area contributed by atoms with Crippen LogP contribution in [0.5, 0.6) is 0 Å². The second-order valence-electron chi connectivity index (χ2n) is 4.33. The minimum atomic E-state index is -0.551. The van der Waals surface area contributed by atoms with Crippen LogP contribution in [0.25, 0.3) is 0 Å². The van der Waals surface area contributed by atoms with Gasteiger partial charge in [-0.25, -0.2) is 9.80 Å². The van der Waals surface area contributed by atoms with Crippen LogP contribution in [0.15, 0.2) is 0 Å². The third-order valence-corrected chi connectivity index (χ3v) is 3.00. The molecule has 0 unspecified atom stereocenters. The number of carbonyl (C=O) groups is 3. The number of carbonyl (C=O) groups excluding carboxylic acids is 3. The Morgan fingerprint density at radius 1 is 1.38 bits per heavy atom.